The van der Waals surface area contributed by atoms with E-state index < -0.39 is 19.7 Å². The highest BCUT2D eigenvalue weighted by Gasteiger charge is 2.63. The molecule has 0 aliphatic heterocycles. The number of rotatable bonds is 2. The molecule has 0 radical (unpaired) electrons. The summed E-state index contributed by atoms with van der Waals surface area (Å²) < 4.78 is 55.6. The average molecular weight is 314 g/mol. The Hall–Kier alpha value is 0.960. The molecular weight excluding hydrogens is 311 g/mol. The van der Waals surface area contributed by atoms with Crippen LogP contribution in [0.1, 0.15) is 0 Å². The van der Waals surface area contributed by atoms with Gasteiger partial charge in [-0.15, -0.1) is 0 Å². The molecule has 0 aliphatic carbocycles. The zero-order chi connectivity index (χ0) is 8.69. The molecule has 0 unspecified atom stereocenters. The number of halogens is 7. The van der Waals surface area contributed by atoms with Crippen LogP contribution in [0.2, 0.25) is 0 Å². The van der Waals surface area contributed by atoms with Crippen molar-refractivity contribution in [1.82, 2.24) is 0 Å². The van der Waals surface area contributed by atoms with E-state index in [1.54, 1.807) is 0 Å². The molecule has 0 saturated heterocycles. The largest absolute Gasteiger partial charge is 0.287 e. The summed E-state index contributed by atoms with van der Waals surface area (Å²) in [6.45, 7) is 0. The monoisotopic (exact) mass is 312 g/mol. The highest BCUT2D eigenvalue weighted by Crippen LogP contribution is 2.98. The van der Waals surface area contributed by atoms with Crippen molar-refractivity contribution in [2.24, 2.45) is 0 Å². The standard InChI is InChI=1S/C2H3Br2F5S/c3-2(4)1-10(5,6,7,8)9/h2H,1H2. The SMILES string of the molecule is FS(F)(F)(F)(F)CC(Br)Br. The van der Waals surface area contributed by atoms with Gasteiger partial charge in [-0.1, -0.05) is 51.3 Å². The maximum absolute atomic E-state index is 11.4. The van der Waals surface area contributed by atoms with E-state index in [1.807, 2.05) is 0 Å². The molecular formula is C2H3Br2F5S. The minimum Gasteiger partial charge on any atom is -0.0978 e. The Morgan fingerprint density at radius 2 is 1.30 bits per heavy atom. The molecule has 0 aromatic rings. The molecule has 0 aliphatic rings. The van der Waals surface area contributed by atoms with Gasteiger partial charge in [0, 0.05) is 0 Å². The predicted octanol–water partition coefficient (Wildman–Crippen LogP) is 4.40. The summed E-state index contributed by atoms with van der Waals surface area (Å²) in [5.74, 6) is -2.13. The van der Waals surface area contributed by atoms with Crippen molar-refractivity contribution >= 4 is 42.1 Å². The second kappa shape index (κ2) is 2.01. The fraction of sp³-hybridized carbons (Fsp3) is 1.00. The molecule has 0 nitrogen and oxygen atoms in total. The van der Waals surface area contributed by atoms with Gasteiger partial charge in [0.05, 0.1) is 3.74 Å². The lowest BCUT2D eigenvalue weighted by atomic mass is 11.0. The van der Waals surface area contributed by atoms with E-state index in [-0.39, 0.29) is 0 Å². The molecule has 0 heterocycles. The summed E-state index contributed by atoms with van der Waals surface area (Å²) in [4.78, 5) is 0. The van der Waals surface area contributed by atoms with Gasteiger partial charge >= 0.3 is 0 Å². The highest BCUT2D eigenvalue weighted by molar-refractivity contribution is 9.24. The van der Waals surface area contributed by atoms with Gasteiger partial charge in [-0.3, -0.25) is 0 Å². The van der Waals surface area contributed by atoms with Gasteiger partial charge in [0.15, 0.2) is 0 Å². The summed E-state index contributed by atoms with van der Waals surface area (Å²) in [7, 11) is -9.19. The van der Waals surface area contributed by atoms with Crippen molar-refractivity contribution in [2.45, 2.75) is 3.74 Å². The lowest BCUT2D eigenvalue weighted by molar-refractivity contribution is 0.367. The van der Waals surface area contributed by atoms with Crippen molar-refractivity contribution in [3.63, 3.8) is 0 Å². The van der Waals surface area contributed by atoms with Gasteiger partial charge in [-0.25, -0.2) is 0 Å². The maximum Gasteiger partial charge on any atom is 0.287 e. The van der Waals surface area contributed by atoms with Crippen molar-refractivity contribution in [1.29, 1.82) is 0 Å². The van der Waals surface area contributed by atoms with Gasteiger partial charge in [0.2, 0.25) is 0 Å². The van der Waals surface area contributed by atoms with Crippen molar-refractivity contribution in [3.05, 3.63) is 0 Å². The van der Waals surface area contributed by atoms with E-state index in [1.165, 1.54) is 0 Å². The third kappa shape index (κ3) is 8.96. The van der Waals surface area contributed by atoms with Gasteiger partial charge in [0.25, 0.3) is 10.2 Å². The molecule has 0 aromatic heterocycles. The van der Waals surface area contributed by atoms with E-state index >= 15 is 0 Å². The predicted molar refractivity (Wildman–Crippen MR) is 39.6 cm³/mol. The second-order valence-corrected chi connectivity index (χ2v) is 7.72. The van der Waals surface area contributed by atoms with Crippen LogP contribution >= 0.6 is 42.1 Å². The third-order valence-electron chi connectivity index (χ3n) is 0.441. The van der Waals surface area contributed by atoms with Gasteiger partial charge in [-0.05, 0) is 0 Å². The van der Waals surface area contributed by atoms with E-state index in [2.05, 4.69) is 31.9 Å². The molecule has 0 bridgehead atoms. The molecule has 0 N–H and O–H groups in total. The molecule has 66 valence electrons. The summed E-state index contributed by atoms with van der Waals surface area (Å²) in [5, 5.41) is 0. The van der Waals surface area contributed by atoms with Crippen LogP contribution in [0.3, 0.4) is 0 Å². The Morgan fingerprint density at radius 3 is 1.30 bits per heavy atom. The molecule has 10 heavy (non-hydrogen) atoms. The van der Waals surface area contributed by atoms with Gasteiger partial charge in [-0.2, -0.15) is 0 Å². The molecule has 0 aromatic carbocycles. The summed E-state index contributed by atoms with van der Waals surface area (Å²) in [6, 6.07) is 0. The number of alkyl halides is 2. The van der Waals surface area contributed by atoms with Crippen LogP contribution in [-0.2, 0) is 0 Å². The van der Waals surface area contributed by atoms with Crippen LogP contribution in [0.25, 0.3) is 0 Å². The highest BCUT2D eigenvalue weighted by atomic mass is 79.9. The summed E-state index contributed by atoms with van der Waals surface area (Å²) >= 11 is 4.65. The number of hydrogen-bond donors (Lipinski definition) is 0. The fourth-order valence-electron chi connectivity index (χ4n) is 0.238. The molecule has 0 spiro atoms. The van der Waals surface area contributed by atoms with Crippen LogP contribution in [0.15, 0.2) is 0 Å². The Labute approximate surface area is 71.1 Å². The quantitative estimate of drug-likeness (QED) is 0.523. The lowest BCUT2D eigenvalue weighted by Crippen LogP contribution is -2.15. The van der Waals surface area contributed by atoms with Crippen LogP contribution in [0.5, 0.6) is 0 Å². The van der Waals surface area contributed by atoms with Crippen molar-refractivity contribution < 1.29 is 19.4 Å². The maximum atomic E-state index is 11.4. The Balaban J connectivity index is 4.43. The molecule has 0 amide bonds. The van der Waals surface area contributed by atoms with Crippen LogP contribution in [0.4, 0.5) is 19.4 Å². The normalized spacial score (nSPS) is 20.4. The first kappa shape index (κ1) is 11.0. The molecule has 0 rings (SSSR count). The van der Waals surface area contributed by atoms with E-state index in [0.29, 0.717) is 0 Å². The van der Waals surface area contributed by atoms with Crippen LogP contribution in [-0.4, -0.2) is 9.49 Å². The van der Waals surface area contributed by atoms with E-state index in [0.717, 1.165) is 0 Å². The second-order valence-electron chi connectivity index (χ2n) is 1.69. The smallest absolute Gasteiger partial charge is 0.0978 e. The van der Waals surface area contributed by atoms with Crippen molar-refractivity contribution in [2.75, 3.05) is 5.75 Å². The first-order chi connectivity index (χ1) is 3.89. The van der Waals surface area contributed by atoms with Gasteiger partial charge in [0.1, 0.15) is 5.75 Å². The van der Waals surface area contributed by atoms with E-state index in [9.17, 15) is 19.4 Å². The van der Waals surface area contributed by atoms with Crippen LogP contribution < -0.4 is 0 Å². The minimum absolute atomic E-state index is 1.42. The Bertz CT molecular complexity index is 132. The third-order valence-corrected chi connectivity index (χ3v) is 2.91. The number of hydrogen-bond acceptors (Lipinski definition) is 0. The lowest BCUT2D eigenvalue weighted by Gasteiger charge is -2.40. The van der Waals surface area contributed by atoms with Crippen molar-refractivity contribution in [3.8, 4) is 0 Å². The molecule has 8 heteroatoms. The molecule has 0 fully saturated rings. The van der Waals surface area contributed by atoms with E-state index in [4.69, 9.17) is 0 Å². The van der Waals surface area contributed by atoms with Gasteiger partial charge < -0.3 is 0 Å². The Morgan fingerprint density at radius 1 is 1.00 bits per heavy atom. The zero-order valence-electron chi connectivity index (χ0n) is 4.34. The Kier molecular flexibility index (Phi) is 2.20. The topological polar surface area (TPSA) is 0 Å². The van der Waals surface area contributed by atoms with Crippen LogP contribution in [0, 0.1) is 0 Å². The minimum atomic E-state index is -9.19. The molecule has 0 saturated carbocycles. The molecule has 0 atom stereocenters. The zero-order valence-corrected chi connectivity index (χ0v) is 8.33. The summed E-state index contributed by atoms with van der Waals surface area (Å²) in [6.07, 6.45) is 0. The fourth-order valence-corrected chi connectivity index (χ4v) is 3.71. The first-order valence-corrected chi connectivity index (χ1v) is 5.86. The summed E-state index contributed by atoms with van der Waals surface area (Å²) in [5.41, 5.74) is 0. The average Bonchev–Trinajstić information content (AvgIpc) is 1.12. The first-order valence-electron chi connectivity index (χ1n) is 1.90.